The van der Waals surface area contributed by atoms with Crippen molar-refractivity contribution >= 4 is 35.2 Å². The lowest BCUT2D eigenvalue weighted by atomic mass is 10.0. The molecule has 28 heavy (non-hydrogen) atoms. The molecule has 0 heterocycles. The average Bonchev–Trinajstić information content (AvgIpc) is 2.70. The van der Waals surface area contributed by atoms with Crippen molar-refractivity contribution in [1.82, 2.24) is 5.43 Å². The molecular formula is C21H17N3O3S. The summed E-state index contributed by atoms with van der Waals surface area (Å²) in [4.78, 5) is 11.1. The van der Waals surface area contributed by atoms with Crippen LogP contribution in [0.25, 0.3) is 11.1 Å². The standard InChI is InChI=1S/C21H17N3O3S/c25-19-15(9-6-11-17(19)20(26)27)13-22-24-21(28)23-18-12-5-4-10-16(18)14-7-2-1-3-8-14/h1-13,25H,(H,26,27)(H2,23,24,28)/b22-13-. The highest BCUT2D eigenvalue weighted by Gasteiger charge is 2.11. The fourth-order valence-corrected chi connectivity index (χ4v) is 2.77. The molecule has 4 N–H and O–H groups in total. The molecule has 7 heteroatoms. The molecule has 0 aliphatic rings. The first-order valence-corrected chi connectivity index (χ1v) is 8.77. The lowest BCUT2D eigenvalue weighted by Crippen LogP contribution is -2.24. The van der Waals surface area contributed by atoms with Crippen LogP contribution in [-0.2, 0) is 0 Å². The third-order valence-electron chi connectivity index (χ3n) is 3.93. The number of para-hydroxylation sites is 2. The number of benzene rings is 3. The minimum atomic E-state index is -1.21. The van der Waals surface area contributed by atoms with Crippen LogP contribution in [0.1, 0.15) is 15.9 Å². The molecule has 0 bridgehead atoms. The number of carbonyl (C=O) groups is 1. The van der Waals surface area contributed by atoms with Gasteiger partial charge in [0.15, 0.2) is 5.11 Å². The van der Waals surface area contributed by atoms with E-state index >= 15 is 0 Å². The number of aromatic hydroxyl groups is 1. The van der Waals surface area contributed by atoms with Crippen LogP contribution in [0, 0.1) is 0 Å². The molecule has 140 valence electrons. The van der Waals surface area contributed by atoms with Gasteiger partial charge in [0.1, 0.15) is 11.3 Å². The molecule has 0 saturated heterocycles. The maximum Gasteiger partial charge on any atom is 0.339 e. The Kier molecular flexibility index (Phi) is 5.98. The molecule has 0 fully saturated rings. The fraction of sp³-hybridized carbons (Fsp3) is 0. The van der Waals surface area contributed by atoms with Crippen LogP contribution >= 0.6 is 12.2 Å². The molecule has 0 amide bonds. The summed E-state index contributed by atoms with van der Waals surface area (Å²) < 4.78 is 0. The van der Waals surface area contributed by atoms with Crippen molar-refractivity contribution in [3.63, 3.8) is 0 Å². The molecule has 0 aliphatic heterocycles. The van der Waals surface area contributed by atoms with Gasteiger partial charge in [-0.15, -0.1) is 0 Å². The number of nitrogens with one attached hydrogen (secondary N) is 2. The lowest BCUT2D eigenvalue weighted by molar-refractivity contribution is 0.0693. The van der Waals surface area contributed by atoms with E-state index < -0.39 is 5.97 Å². The zero-order valence-electron chi connectivity index (χ0n) is 14.7. The lowest BCUT2D eigenvalue weighted by Gasteiger charge is -2.12. The number of carboxylic acid groups (broad SMARTS) is 1. The van der Waals surface area contributed by atoms with Crippen LogP contribution in [0.5, 0.6) is 5.75 Å². The highest BCUT2D eigenvalue weighted by Crippen LogP contribution is 2.27. The van der Waals surface area contributed by atoms with Crippen LogP contribution in [-0.4, -0.2) is 27.5 Å². The van der Waals surface area contributed by atoms with E-state index in [0.717, 1.165) is 16.8 Å². The Morgan fingerprint density at radius 1 is 0.964 bits per heavy atom. The van der Waals surface area contributed by atoms with Gasteiger partial charge < -0.3 is 15.5 Å². The second-order valence-corrected chi connectivity index (χ2v) is 6.19. The largest absolute Gasteiger partial charge is 0.506 e. The molecular weight excluding hydrogens is 374 g/mol. The van der Waals surface area contributed by atoms with E-state index in [2.05, 4.69) is 15.8 Å². The summed E-state index contributed by atoms with van der Waals surface area (Å²) in [5.41, 5.74) is 5.59. The Morgan fingerprint density at radius 2 is 1.68 bits per heavy atom. The number of carboxylic acids is 1. The summed E-state index contributed by atoms with van der Waals surface area (Å²) in [6, 6.07) is 22.0. The SMILES string of the molecule is O=C(O)c1cccc(/C=N\NC(=S)Nc2ccccc2-c2ccccc2)c1O. The molecule has 3 rings (SSSR count). The molecule has 3 aromatic rings. The molecule has 6 nitrogen and oxygen atoms in total. The van der Waals surface area contributed by atoms with Crippen molar-refractivity contribution in [1.29, 1.82) is 0 Å². The Balaban J connectivity index is 1.70. The number of hydrogen-bond acceptors (Lipinski definition) is 4. The van der Waals surface area contributed by atoms with Gasteiger partial charge in [0, 0.05) is 16.8 Å². The monoisotopic (exact) mass is 391 g/mol. The Morgan fingerprint density at radius 3 is 2.43 bits per heavy atom. The third kappa shape index (κ3) is 4.52. The van der Waals surface area contributed by atoms with Crippen LogP contribution < -0.4 is 10.7 Å². The minimum absolute atomic E-state index is 0.193. The van der Waals surface area contributed by atoms with Crippen molar-refractivity contribution in [2.75, 3.05) is 5.32 Å². The summed E-state index contributed by atoms with van der Waals surface area (Å²) >= 11 is 5.27. The zero-order valence-corrected chi connectivity index (χ0v) is 15.5. The van der Waals surface area contributed by atoms with Crippen LogP contribution in [0.3, 0.4) is 0 Å². The fourth-order valence-electron chi connectivity index (χ4n) is 2.61. The number of hydrazone groups is 1. The predicted molar refractivity (Wildman–Crippen MR) is 114 cm³/mol. The van der Waals surface area contributed by atoms with E-state index in [9.17, 15) is 9.90 Å². The van der Waals surface area contributed by atoms with Gasteiger partial charge in [-0.1, -0.05) is 54.6 Å². The second kappa shape index (κ2) is 8.79. The van der Waals surface area contributed by atoms with E-state index in [1.165, 1.54) is 18.3 Å². The number of anilines is 1. The van der Waals surface area contributed by atoms with Gasteiger partial charge in [0.2, 0.25) is 0 Å². The van der Waals surface area contributed by atoms with Crippen molar-refractivity contribution in [3.8, 4) is 16.9 Å². The second-order valence-electron chi connectivity index (χ2n) is 5.78. The summed E-state index contributed by atoms with van der Waals surface area (Å²) in [5, 5.41) is 26.3. The summed E-state index contributed by atoms with van der Waals surface area (Å²) in [6.45, 7) is 0. The van der Waals surface area contributed by atoms with E-state index in [-0.39, 0.29) is 22.0 Å². The van der Waals surface area contributed by atoms with Crippen LogP contribution in [0.4, 0.5) is 5.69 Å². The number of hydrogen-bond donors (Lipinski definition) is 4. The van der Waals surface area contributed by atoms with E-state index in [0.29, 0.717) is 0 Å². The highest BCUT2D eigenvalue weighted by molar-refractivity contribution is 7.80. The first-order chi connectivity index (χ1) is 13.6. The normalized spacial score (nSPS) is 10.6. The van der Waals surface area contributed by atoms with Gasteiger partial charge in [-0.25, -0.2) is 4.79 Å². The van der Waals surface area contributed by atoms with Gasteiger partial charge in [0.05, 0.1) is 6.21 Å². The number of rotatable bonds is 5. The molecule has 0 spiro atoms. The Hall–Kier alpha value is -3.71. The van der Waals surface area contributed by atoms with Crippen LogP contribution in [0.2, 0.25) is 0 Å². The summed E-state index contributed by atoms with van der Waals surface area (Å²) in [7, 11) is 0. The van der Waals surface area contributed by atoms with E-state index in [4.69, 9.17) is 17.3 Å². The molecule has 0 atom stereocenters. The van der Waals surface area contributed by atoms with Gasteiger partial charge in [-0.05, 0) is 36.0 Å². The summed E-state index contributed by atoms with van der Waals surface area (Å²) in [6.07, 6.45) is 1.30. The van der Waals surface area contributed by atoms with Crippen molar-refractivity contribution < 1.29 is 15.0 Å². The Labute approximate surface area is 167 Å². The van der Waals surface area contributed by atoms with Gasteiger partial charge in [0.25, 0.3) is 0 Å². The van der Waals surface area contributed by atoms with E-state index in [1.807, 2.05) is 54.6 Å². The number of aromatic carboxylic acids is 1. The van der Waals surface area contributed by atoms with Crippen LogP contribution in [0.15, 0.2) is 77.9 Å². The maximum atomic E-state index is 11.1. The van der Waals surface area contributed by atoms with Gasteiger partial charge >= 0.3 is 5.97 Å². The number of nitrogens with zero attached hydrogens (tertiary/aromatic N) is 1. The number of phenols is 1. The quantitative estimate of drug-likeness (QED) is 0.297. The molecule has 3 aromatic carbocycles. The first kappa shape index (κ1) is 19.1. The molecule has 0 unspecified atom stereocenters. The third-order valence-corrected chi connectivity index (χ3v) is 4.12. The zero-order chi connectivity index (χ0) is 19.9. The highest BCUT2D eigenvalue weighted by atomic mass is 32.1. The molecule has 0 aliphatic carbocycles. The Bertz CT molecular complexity index is 1040. The van der Waals surface area contributed by atoms with E-state index in [1.54, 1.807) is 6.07 Å². The first-order valence-electron chi connectivity index (χ1n) is 8.36. The average molecular weight is 391 g/mol. The smallest absolute Gasteiger partial charge is 0.339 e. The molecule has 0 aromatic heterocycles. The number of thiocarbonyl (C=S) groups is 1. The van der Waals surface area contributed by atoms with Crippen molar-refractivity contribution in [2.24, 2.45) is 5.10 Å². The minimum Gasteiger partial charge on any atom is -0.506 e. The van der Waals surface area contributed by atoms with Crippen molar-refractivity contribution in [3.05, 3.63) is 83.9 Å². The topological polar surface area (TPSA) is 94.0 Å². The maximum absolute atomic E-state index is 11.1. The van der Waals surface area contributed by atoms with Gasteiger partial charge in [-0.2, -0.15) is 5.10 Å². The molecule has 0 saturated carbocycles. The predicted octanol–water partition coefficient (Wildman–Crippen LogP) is 4.08. The van der Waals surface area contributed by atoms with Gasteiger partial charge in [-0.3, -0.25) is 5.43 Å². The van der Waals surface area contributed by atoms with Crippen molar-refractivity contribution in [2.45, 2.75) is 0 Å². The summed E-state index contributed by atoms with van der Waals surface area (Å²) in [5.74, 6) is -1.57. The molecule has 0 radical (unpaired) electrons.